The topological polar surface area (TPSA) is 110 Å². The molecule has 1 aromatic rings. The number of amides is 2. The van der Waals surface area contributed by atoms with E-state index in [1.54, 1.807) is 11.8 Å². The minimum absolute atomic E-state index is 0.00831. The predicted molar refractivity (Wildman–Crippen MR) is 104 cm³/mol. The molecule has 7 nitrogen and oxygen atoms in total. The van der Waals surface area contributed by atoms with Crippen molar-refractivity contribution in [2.24, 2.45) is 11.7 Å². The Morgan fingerprint density at radius 1 is 1.22 bits per heavy atom. The molecule has 1 aliphatic heterocycles. The molecule has 2 amide bonds. The first-order chi connectivity index (χ1) is 12.7. The Hall–Kier alpha value is -1.93. The molecule has 0 bridgehead atoms. The van der Waals surface area contributed by atoms with Gasteiger partial charge in [-0.3, -0.25) is 9.59 Å². The number of nitrogens with zero attached hydrogens (tertiary/aromatic N) is 1. The molecule has 0 radical (unpaired) electrons. The van der Waals surface area contributed by atoms with Crippen LogP contribution in [0.25, 0.3) is 0 Å². The Balaban J connectivity index is 2.01. The summed E-state index contributed by atoms with van der Waals surface area (Å²) in [7, 11) is -3.86. The largest absolute Gasteiger partial charge is 0.366 e. The fourth-order valence-electron chi connectivity index (χ4n) is 3.51. The van der Waals surface area contributed by atoms with Gasteiger partial charge in [0.1, 0.15) is 0 Å². The number of hydrogen-bond acceptors (Lipinski definition) is 4. The number of nitrogens with one attached hydrogen (secondary N) is 1. The molecule has 1 fully saturated rings. The molecule has 1 heterocycles. The van der Waals surface area contributed by atoms with Gasteiger partial charge in [0.15, 0.2) is 0 Å². The number of rotatable bonds is 7. The SMILES string of the molecule is CCCC1CCCN(C(=O)C(C)NS(=O)(=O)c2ccc(C(N)=O)cc2)CC1. The lowest BCUT2D eigenvalue weighted by molar-refractivity contribution is -0.132. The second kappa shape index (κ2) is 9.32. The quantitative estimate of drug-likeness (QED) is 0.734. The maximum Gasteiger partial charge on any atom is 0.248 e. The lowest BCUT2D eigenvalue weighted by Gasteiger charge is -2.25. The normalized spacial score (nSPS) is 19.3. The van der Waals surface area contributed by atoms with E-state index in [9.17, 15) is 18.0 Å². The first-order valence-electron chi connectivity index (χ1n) is 9.45. The molecule has 150 valence electrons. The summed E-state index contributed by atoms with van der Waals surface area (Å²) in [5.74, 6) is -0.189. The van der Waals surface area contributed by atoms with Crippen LogP contribution in [0.3, 0.4) is 0 Å². The Morgan fingerprint density at radius 3 is 2.48 bits per heavy atom. The first kappa shape index (κ1) is 21.4. The Morgan fingerprint density at radius 2 is 1.89 bits per heavy atom. The van der Waals surface area contributed by atoms with Gasteiger partial charge in [0.25, 0.3) is 0 Å². The second-order valence-electron chi connectivity index (χ2n) is 7.14. The number of benzene rings is 1. The van der Waals surface area contributed by atoms with Gasteiger partial charge in [-0.25, -0.2) is 8.42 Å². The average molecular weight is 396 g/mol. The van der Waals surface area contributed by atoms with E-state index < -0.39 is 22.0 Å². The Bertz CT molecular complexity index is 762. The van der Waals surface area contributed by atoms with Gasteiger partial charge in [-0.15, -0.1) is 0 Å². The van der Waals surface area contributed by atoms with Crippen LogP contribution in [-0.2, 0) is 14.8 Å². The van der Waals surface area contributed by atoms with E-state index in [4.69, 9.17) is 5.73 Å². The van der Waals surface area contributed by atoms with Gasteiger partial charge in [0.05, 0.1) is 10.9 Å². The number of sulfonamides is 1. The zero-order chi connectivity index (χ0) is 20.0. The average Bonchev–Trinajstić information content (AvgIpc) is 2.86. The molecule has 0 saturated carbocycles. The Kier molecular flexibility index (Phi) is 7.38. The molecule has 2 unspecified atom stereocenters. The summed E-state index contributed by atoms with van der Waals surface area (Å²) in [6.45, 7) is 5.06. The predicted octanol–water partition coefficient (Wildman–Crippen LogP) is 1.88. The van der Waals surface area contributed by atoms with Crippen molar-refractivity contribution < 1.29 is 18.0 Å². The van der Waals surface area contributed by atoms with Crippen LogP contribution in [0.4, 0.5) is 0 Å². The highest BCUT2D eigenvalue weighted by molar-refractivity contribution is 7.89. The standard InChI is InChI=1S/C19H29N3O4S/c1-3-5-15-6-4-12-22(13-11-15)19(24)14(2)21-27(25,26)17-9-7-16(8-10-17)18(20)23/h7-10,14-15,21H,3-6,11-13H2,1-2H3,(H2,20,23). The molecule has 3 N–H and O–H groups in total. The zero-order valence-corrected chi connectivity index (χ0v) is 16.8. The summed E-state index contributed by atoms with van der Waals surface area (Å²) in [5, 5.41) is 0. The minimum atomic E-state index is -3.86. The molecular weight excluding hydrogens is 366 g/mol. The summed E-state index contributed by atoms with van der Waals surface area (Å²) < 4.78 is 27.5. The van der Waals surface area contributed by atoms with Crippen molar-refractivity contribution in [3.05, 3.63) is 29.8 Å². The molecule has 1 saturated heterocycles. The smallest absolute Gasteiger partial charge is 0.248 e. The number of carbonyl (C=O) groups is 2. The van der Waals surface area contributed by atoms with E-state index in [2.05, 4.69) is 11.6 Å². The van der Waals surface area contributed by atoms with Crippen LogP contribution < -0.4 is 10.5 Å². The van der Waals surface area contributed by atoms with Crippen LogP contribution in [0.2, 0.25) is 0 Å². The van der Waals surface area contributed by atoms with Gasteiger partial charge in [-0.2, -0.15) is 4.72 Å². The van der Waals surface area contributed by atoms with Crippen LogP contribution in [0.5, 0.6) is 0 Å². The molecular formula is C19H29N3O4S. The van der Waals surface area contributed by atoms with Gasteiger partial charge in [-0.05, 0) is 56.4 Å². The van der Waals surface area contributed by atoms with Crippen molar-refractivity contribution in [2.45, 2.75) is 56.9 Å². The van der Waals surface area contributed by atoms with Crippen molar-refractivity contribution in [1.29, 1.82) is 0 Å². The molecule has 27 heavy (non-hydrogen) atoms. The van der Waals surface area contributed by atoms with Crippen LogP contribution >= 0.6 is 0 Å². The summed E-state index contributed by atoms with van der Waals surface area (Å²) >= 11 is 0. The second-order valence-corrected chi connectivity index (χ2v) is 8.86. The molecule has 0 aliphatic carbocycles. The maximum absolute atomic E-state index is 12.7. The molecule has 8 heteroatoms. The lowest BCUT2D eigenvalue weighted by Crippen LogP contribution is -2.47. The summed E-state index contributed by atoms with van der Waals surface area (Å²) in [6.07, 6.45) is 5.34. The summed E-state index contributed by atoms with van der Waals surface area (Å²) in [4.78, 5) is 25.6. The van der Waals surface area contributed by atoms with E-state index in [-0.39, 0.29) is 16.4 Å². The van der Waals surface area contributed by atoms with Gasteiger partial charge >= 0.3 is 0 Å². The molecule has 2 rings (SSSR count). The van der Waals surface area contributed by atoms with E-state index in [1.807, 2.05) is 0 Å². The number of nitrogens with two attached hydrogens (primary N) is 1. The Labute approximate surface area is 161 Å². The van der Waals surface area contributed by atoms with Crippen molar-refractivity contribution in [3.8, 4) is 0 Å². The van der Waals surface area contributed by atoms with Crippen molar-refractivity contribution >= 4 is 21.8 Å². The highest BCUT2D eigenvalue weighted by atomic mass is 32.2. The van der Waals surface area contributed by atoms with E-state index >= 15 is 0 Å². The number of likely N-dealkylation sites (tertiary alicyclic amines) is 1. The monoisotopic (exact) mass is 395 g/mol. The highest BCUT2D eigenvalue weighted by Crippen LogP contribution is 2.22. The third-order valence-corrected chi connectivity index (χ3v) is 6.56. The fourth-order valence-corrected chi connectivity index (χ4v) is 4.70. The highest BCUT2D eigenvalue weighted by Gasteiger charge is 2.27. The molecule has 1 aliphatic rings. The molecule has 0 spiro atoms. The maximum atomic E-state index is 12.7. The van der Waals surface area contributed by atoms with Gasteiger partial charge < -0.3 is 10.6 Å². The van der Waals surface area contributed by atoms with Crippen LogP contribution in [0, 0.1) is 5.92 Å². The number of hydrogen-bond donors (Lipinski definition) is 2. The van der Waals surface area contributed by atoms with Crippen molar-refractivity contribution in [2.75, 3.05) is 13.1 Å². The fraction of sp³-hybridized carbons (Fsp3) is 0.579. The summed E-state index contributed by atoms with van der Waals surface area (Å²) in [6, 6.07) is 4.47. The van der Waals surface area contributed by atoms with E-state index in [1.165, 1.54) is 30.7 Å². The molecule has 0 aromatic heterocycles. The van der Waals surface area contributed by atoms with Crippen LogP contribution in [0.15, 0.2) is 29.2 Å². The van der Waals surface area contributed by atoms with Crippen LogP contribution in [0.1, 0.15) is 56.3 Å². The van der Waals surface area contributed by atoms with Gasteiger partial charge in [0.2, 0.25) is 21.8 Å². The number of primary amides is 1. The summed E-state index contributed by atoms with van der Waals surface area (Å²) in [5.41, 5.74) is 5.39. The zero-order valence-electron chi connectivity index (χ0n) is 16.0. The molecule has 2 atom stereocenters. The van der Waals surface area contributed by atoms with Crippen LogP contribution in [-0.4, -0.2) is 44.3 Å². The lowest BCUT2D eigenvalue weighted by atomic mass is 9.96. The first-order valence-corrected chi connectivity index (χ1v) is 10.9. The third kappa shape index (κ3) is 5.77. The van der Waals surface area contributed by atoms with E-state index in [0.717, 1.165) is 25.7 Å². The van der Waals surface area contributed by atoms with Gasteiger partial charge in [0, 0.05) is 18.7 Å². The minimum Gasteiger partial charge on any atom is -0.366 e. The molecule has 1 aromatic carbocycles. The van der Waals surface area contributed by atoms with E-state index in [0.29, 0.717) is 19.0 Å². The van der Waals surface area contributed by atoms with Gasteiger partial charge in [-0.1, -0.05) is 19.8 Å². The third-order valence-electron chi connectivity index (χ3n) is 5.01. The van der Waals surface area contributed by atoms with Crippen molar-refractivity contribution in [3.63, 3.8) is 0 Å². The van der Waals surface area contributed by atoms with Crippen molar-refractivity contribution in [1.82, 2.24) is 9.62 Å². The number of carbonyl (C=O) groups excluding carboxylic acids is 2.